The number of aromatic hydroxyl groups is 1. The van der Waals surface area contributed by atoms with Gasteiger partial charge in [0, 0.05) is 13.1 Å². The molecule has 1 amide bonds. The number of morpholine rings is 1. The lowest BCUT2D eigenvalue weighted by molar-refractivity contribution is -0.0125. The molecule has 0 spiro atoms. The number of ether oxygens (including phenoxy) is 1. The Labute approximate surface area is 94.4 Å². The minimum Gasteiger partial charge on any atom is -0.507 e. The number of phenols is 1. The summed E-state index contributed by atoms with van der Waals surface area (Å²) in [5.74, 6) is -0.0973. The van der Waals surface area contributed by atoms with Gasteiger partial charge in [-0.1, -0.05) is 12.1 Å². The maximum atomic E-state index is 12.1. The number of carbonyl (C=O) groups is 1. The fourth-order valence-corrected chi connectivity index (χ4v) is 1.83. The Morgan fingerprint density at radius 2 is 2.25 bits per heavy atom. The molecular weight excluding hydrogens is 206 g/mol. The number of hydrogen-bond acceptors (Lipinski definition) is 3. The van der Waals surface area contributed by atoms with Crippen LogP contribution in [-0.4, -0.2) is 41.7 Å². The molecule has 1 unspecified atom stereocenters. The molecule has 1 heterocycles. The molecule has 1 atom stereocenters. The van der Waals surface area contributed by atoms with Crippen LogP contribution in [0.25, 0.3) is 0 Å². The molecular formula is C12H15NO3. The van der Waals surface area contributed by atoms with Gasteiger partial charge in [0.2, 0.25) is 0 Å². The molecule has 1 aromatic carbocycles. The molecule has 1 aliphatic rings. The second kappa shape index (κ2) is 4.53. The van der Waals surface area contributed by atoms with E-state index in [1.807, 2.05) is 6.92 Å². The normalized spacial score (nSPS) is 20.8. The Morgan fingerprint density at radius 3 is 2.94 bits per heavy atom. The molecule has 1 N–H and O–H groups in total. The SMILES string of the molecule is CC1CN(C(=O)c2ccccc2O)CCO1. The van der Waals surface area contributed by atoms with Gasteiger partial charge in [0.25, 0.3) is 5.91 Å². The highest BCUT2D eigenvalue weighted by atomic mass is 16.5. The van der Waals surface area contributed by atoms with Crippen molar-refractivity contribution in [2.45, 2.75) is 13.0 Å². The molecule has 1 aliphatic heterocycles. The van der Waals surface area contributed by atoms with E-state index in [9.17, 15) is 9.90 Å². The van der Waals surface area contributed by atoms with Crippen molar-refractivity contribution in [1.82, 2.24) is 4.90 Å². The summed E-state index contributed by atoms with van der Waals surface area (Å²) in [6.07, 6.45) is 0.0588. The van der Waals surface area contributed by atoms with Crippen LogP contribution in [0.3, 0.4) is 0 Å². The number of hydrogen-bond donors (Lipinski definition) is 1. The first kappa shape index (κ1) is 11.0. The van der Waals surface area contributed by atoms with Crippen LogP contribution in [0.5, 0.6) is 5.75 Å². The summed E-state index contributed by atoms with van der Waals surface area (Å²) < 4.78 is 5.37. The van der Waals surface area contributed by atoms with Gasteiger partial charge >= 0.3 is 0 Å². The average molecular weight is 221 g/mol. The molecule has 1 fully saturated rings. The highest BCUT2D eigenvalue weighted by Gasteiger charge is 2.23. The van der Waals surface area contributed by atoms with E-state index >= 15 is 0 Å². The van der Waals surface area contributed by atoms with Gasteiger partial charge in [0.1, 0.15) is 5.75 Å². The van der Waals surface area contributed by atoms with E-state index < -0.39 is 0 Å². The third kappa shape index (κ3) is 2.17. The Balaban J connectivity index is 2.16. The van der Waals surface area contributed by atoms with Crippen LogP contribution < -0.4 is 0 Å². The average Bonchev–Trinajstić information content (AvgIpc) is 2.29. The van der Waals surface area contributed by atoms with Gasteiger partial charge in [-0.15, -0.1) is 0 Å². The predicted molar refractivity (Wildman–Crippen MR) is 59.4 cm³/mol. The second-order valence-electron chi connectivity index (χ2n) is 3.95. The Kier molecular flexibility index (Phi) is 3.10. The summed E-state index contributed by atoms with van der Waals surface area (Å²) in [6, 6.07) is 6.61. The van der Waals surface area contributed by atoms with Crippen molar-refractivity contribution in [3.05, 3.63) is 29.8 Å². The molecule has 0 radical (unpaired) electrons. The van der Waals surface area contributed by atoms with Gasteiger partial charge < -0.3 is 14.7 Å². The van der Waals surface area contributed by atoms with Crippen molar-refractivity contribution < 1.29 is 14.6 Å². The number of para-hydroxylation sites is 1. The molecule has 86 valence electrons. The number of amides is 1. The molecule has 4 nitrogen and oxygen atoms in total. The smallest absolute Gasteiger partial charge is 0.257 e. The van der Waals surface area contributed by atoms with Gasteiger partial charge in [-0.2, -0.15) is 0 Å². The van der Waals surface area contributed by atoms with Gasteiger partial charge in [0.15, 0.2) is 0 Å². The molecule has 2 rings (SSSR count). The van der Waals surface area contributed by atoms with Gasteiger partial charge in [0.05, 0.1) is 18.3 Å². The van der Waals surface area contributed by atoms with Crippen molar-refractivity contribution >= 4 is 5.91 Å². The van der Waals surface area contributed by atoms with E-state index in [4.69, 9.17) is 4.74 Å². The quantitative estimate of drug-likeness (QED) is 0.776. The maximum absolute atomic E-state index is 12.1. The van der Waals surface area contributed by atoms with Crippen LogP contribution in [0.1, 0.15) is 17.3 Å². The lowest BCUT2D eigenvalue weighted by Crippen LogP contribution is -2.44. The maximum Gasteiger partial charge on any atom is 0.257 e. The Hall–Kier alpha value is -1.55. The van der Waals surface area contributed by atoms with Crippen molar-refractivity contribution in [2.75, 3.05) is 19.7 Å². The predicted octanol–water partition coefficient (Wildman–Crippen LogP) is 1.25. The molecule has 0 bridgehead atoms. The fraction of sp³-hybridized carbons (Fsp3) is 0.417. The topological polar surface area (TPSA) is 49.8 Å². The lowest BCUT2D eigenvalue weighted by atomic mass is 10.1. The highest BCUT2D eigenvalue weighted by Crippen LogP contribution is 2.19. The van der Waals surface area contributed by atoms with Crippen molar-refractivity contribution in [3.63, 3.8) is 0 Å². The lowest BCUT2D eigenvalue weighted by Gasteiger charge is -2.31. The first-order chi connectivity index (χ1) is 7.68. The zero-order valence-electron chi connectivity index (χ0n) is 9.22. The molecule has 16 heavy (non-hydrogen) atoms. The summed E-state index contributed by atoms with van der Waals surface area (Å²) in [7, 11) is 0. The number of rotatable bonds is 1. The van der Waals surface area contributed by atoms with E-state index in [2.05, 4.69) is 0 Å². The zero-order valence-corrected chi connectivity index (χ0v) is 9.22. The number of phenolic OH excluding ortho intramolecular Hbond substituents is 1. The van der Waals surface area contributed by atoms with Crippen LogP contribution >= 0.6 is 0 Å². The number of benzene rings is 1. The summed E-state index contributed by atoms with van der Waals surface area (Å²) in [6.45, 7) is 3.65. The minimum atomic E-state index is -0.131. The van der Waals surface area contributed by atoms with Crippen LogP contribution in [0.15, 0.2) is 24.3 Å². The standard InChI is InChI=1S/C12H15NO3/c1-9-8-13(6-7-16-9)12(15)10-4-2-3-5-11(10)14/h2-5,9,14H,6-8H2,1H3. The highest BCUT2D eigenvalue weighted by molar-refractivity contribution is 5.96. The van der Waals surface area contributed by atoms with Crippen LogP contribution in [-0.2, 0) is 4.74 Å². The van der Waals surface area contributed by atoms with Gasteiger partial charge in [-0.25, -0.2) is 0 Å². The summed E-state index contributed by atoms with van der Waals surface area (Å²) in [5, 5.41) is 9.60. The van der Waals surface area contributed by atoms with Crippen LogP contribution in [0.2, 0.25) is 0 Å². The monoisotopic (exact) mass is 221 g/mol. The Bertz CT molecular complexity index is 392. The van der Waals surface area contributed by atoms with E-state index in [1.54, 1.807) is 23.1 Å². The number of nitrogens with zero attached hydrogens (tertiary/aromatic N) is 1. The van der Waals surface area contributed by atoms with Crippen LogP contribution in [0.4, 0.5) is 0 Å². The number of carbonyl (C=O) groups excluding carboxylic acids is 1. The fourth-order valence-electron chi connectivity index (χ4n) is 1.83. The van der Waals surface area contributed by atoms with Crippen molar-refractivity contribution in [1.29, 1.82) is 0 Å². The van der Waals surface area contributed by atoms with E-state index in [-0.39, 0.29) is 17.8 Å². The third-order valence-corrected chi connectivity index (χ3v) is 2.66. The molecule has 0 aromatic heterocycles. The van der Waals surface area contributed by atoms with E-state index in [0.29, 0.717) is 25.3 Å². The first-order valence-electron chi connectivity index (χ1n) is 5.37. The van der Waals surface area contributed by atoms with E-state index in [0.717, 1.165) is 0 Å². The minimum absolute atomic E-state index is 0.0339. The molecule has 0 aliphatic carbocycles. The van der Waals surface area contributed by atoms with Gasteiger partial charge in [-0.05, 0) is 19.1 Å². The zero-order chi connectivity index (χ0) is 11.5. The molecule has 1 saturated heterocycles. The summed E-state index contributed by atoms with van der Waals surface area (Å²) in [5.41, 5.74) is 0.358. The second-order valence-corrected chi connectivity index (χ2v) is 3.95. The molecule has 1 aromatic rings. The molecule has 0 saturated carbocycles. The summed E-state index contributed by atoms with van der Waals surface area (Å²) in [4.78, 5) is 13.8. The van der Waals surface area contributed by atoms with Crippen LogP contribution in [0, 0.1) is 0 Å². The first-order valence-corrected chi connectivity index (χ1v) is 5.37. The van der Waals surface area contributed by atoms with Crippen molar-refractivity contribution in [3.8, 4) is 5.75 Å². The molecule has 4 heteroatoms. The van der Waals surface area contributed by atoms with E-state index in [1.165, 1.54) is 6.07 Å². The largest absolute Gasteiger partial charge is 0.507 e. The Morgan fingerprint density at radius 1 is 1.50 bits per heavy atom. The summed E-state index contributed by atoms with van der Waals surface area (Å²) >= 11 is 0. The van der Waals surface area contributed by atoms with Crippen molar-refractivity contribution in [2.24, 2.45) is 0 Å². The third-order valence-electron chi connectivity index (χ3n) is 2.66. The van der Waals surface area contributed by atoms with Gasteiger partial charge in [-0.3, -0.25) is 4.79 Å².